The lowest BCUT2D eigenvalue weighted by atomic mass is 9.85. The van der Waals surface area contributed by atoms with Crippen LogP contribution in [0.15, 0.2) is 29.7 Å². The highest BCUT2D eigenvalue weighted by molar-refractivity contribution is 7.89. The maximum atomic E-state index is 12.3. The van der Waals surface area contributed by atoms with E-state index in [2.05, 4.69) is 14.9 Å². The zero-order valence-corrected chi connectivity index (χ0v) is 13.6. The van der Waals surface area contributed by atoms with Gasteiger partial charge in [0.05, 0.1) is 12.4 Å². The summed E-state index contributed by atoms with van der Waals surface area (Å²) in [7, 11) is -1.88. The van der Waals surface area contributed by atoms with Crippen LogP contribution in [0.3, 0.4) is 0 Å². The molecule has 8 heteroatoms. The number of nitrogens with zero attached hydrogens (tertiary/aromatic N) is 4. The molecule has 1 aliphatic rings. The minimum absolute atomic E-state index is 0.170. The predicted molar refractivity (Wildman–Crippen MR) is 81.5 cm³/mol. The predicted octanol–water partition coefficient (Wildman–Crippen LogP) is 1.46. The standard InChI is InChI=1S/C14H21N5O2S/c1-11(17-22(20,21)14-7-15-18(2)10-14)13-6-16-19(9-13)8-12-4-3-5-12/h6-7,9-12,17H,3-5,8H2,1-2H3. The largest absolute Gasteiger partial charge is 0.274 e. The molecule has 2 heterocycles. The van der Waals surface area contributed by atoms with Gasteiger partial charge in [0.1, 0.15) is 4.90 Å². The first kappa shape index (κ1) is 15.2. The van der Waals surface area contributed by atoms with E-state index in [1.165, 1.54) is 36.3 Å². The Hall–Kier alpha value is -1.67. The molecule has 2 aromatic heterocycles. The minimum Gasteiger partial charge on any atom is -0.274 e. The highest BCUT2D eigenvalue weighted by Gasteiger charge is 2.22. The summed E-state index contributed by atoms with van der Waals surface area (Å²) >= 11 is 0. The van der Waals surface area contributed by atoms with Gasteiger partial charge in [-0.1, -0.05) is 6.42 Å². The molecule has 1 saturated carbocycles. The SMILES string of the molecule is CC(NS(=O)(=O)c1cnn(C)c1)c1cnn(CC2CCC2)c1. The summed E-state index contributed by atoms with van der Waals surface area (Å²) in [4.78, 5) is 0.170. The summed E-state index contributed by atoms with van der Waals surface area (Å²) in [6.07, 6.45) is 10.3. The van der Waals surface area contributed by atoms with Crippen molar-refractivity contribution in [2.45, 2.75) is 43.7 Å². The van der Waals surface area contributed by atoms with E-state index in [0.29, 0.717) is 0 Å². The smallest absolute Gasteiger partial charge is 0.244 e. The highest BCUT2D eigenvalue weighted by Crippen LogP contribution is 2.28. The normalized spacial score (nSPS) is 17.4. The number of sulfonamides is 1. The summed E-state index contributed by atoms with van der Waals surface area (Å²) in [5, 5.41) is 8.23. The maximum Gasteiger partial charge on any atom is 0.244 e. The van der Waals surface area contributed by atoms with Crippen LogP contribution in [0.25, 0.3) is 0 Å². The van der Waals surface area contributed by atoms with Gasteiger partial charge in [0.15, 0.2) is 0 Å². The topological polar surface area (TPSA) is 81.8 Å². The molecule has 7 nitrogen and oxygen atoms in total. The number of rotatable bonds is 6. The molecule has 120 valence electrons. The monoisotopic (exact) mass is 323 g/mol. The van der Waals surface area contributed by atoms with Crippen LogP contribution >= 0.6 is 0 Å². The van der Waals surface area contributed by atoms with Gasteiger partial charge in [0.25, 0.3) is 0 Å². The Kier molecular flexibility index (Phi) is 4.05. The Labute approximate surface area is 130 Å². The summed E-state index contributed by atoms with van der Waals surface area (Å²) in [5.41, 5.74) is 0.867. The molecule has 0 aromatic carbocycles. The summed E-state index contributed by atoms with van der Waals surface area (Å²) in [5.74, 6) is 0.718. The molecule has 1 aliphatic carbocycles. The van der Waals surface area contributed by atoms with E-state index >= 15 is 0 Å². The third kappa shape index (κ3) is 3.22. The second-order valence-electron chi connectivity index (χ2n) is 5.99. The van der Waals surface area contributed by atoms with Gasteiger partial charge in [-0.05, 0) is 25.7 Å². The van der Waals surface area contributed by atoms with Crippen LogP contribution in [0.4, 0.5) is 0 Å². The van der Waals surface area contributed by atoms with Crippen LogP contribution in [0, 0.1) is 5.92 Å². The lowest BCUT2D eigenvalue weighted by molar-refractivity contribution is 0.266. The van der Waals surface area contributed by atoms with Gasteiger partial charge in [-0.25, -0.2) is 13.1 Å². The van der Waals surface area contributed by atoms with E-state index in [-0.39, 0.29) is 10.9 Å². The van der Waals surface area contributed by atoms with E-state index in [9.17, 15) is 8.42 Å². The summed E-state index contributed by atoms with van der Waals surface area (Å²) < 4.78 is 30.6. The van der Waals surface area contributed by atoms with Crippen molar-refractivity contribution in [2.75, 3.05) is 0 Å². The van der Waals surface area contributed by atoms with Crippen molar-refractivity contribution in [1.29, 1.82) is 0 Å². The molecule has 3 rings (SSSR count). The Morgan fingerprint density at radius 1 is 1.32 bits per heavy atom. The van der Waals surface area contributed by atoms with E-state index < -0.39 is 10.0 Å². The van der Waals surface area contributed by atoms with Gasteiger partial charge in [-0.2, -0.15) is 10.2 Å². The van der Waals surface area contributed by atoms with Crippen LogP contribution in [-0.4, -0.2) is 28.0 Å². The maximum absolute atomic E-state index is 12.3. The lowest BCUT2D eigenvalue weighted by Gasteiger charge is -2.24. The molecular weight excluding hydrogens is 302 g/mol. The van der Waals surface area contributed by atoms with Crippen molar-refractivity contribution in [3.8, 4) is 0 Å². The zero-order valence-electron chi connectivity index (χ0n) is 12.8. The van der Waals surface area contributed by atoms with Crippen molar-refractivity contribution >= 4 is 10.0 Å². The quantitative estimate of drug-likeness (QED) is 0.872. The van der Waals surface area contributed by atoms with E-state index in [4.69, 9.17) is 0 Å². The van der Waals surface area contributed by atoms with E-state index in [1.807, 2.05) is 17.8 Å². The Morgan fingerprint density at radius 2 is 2.09 bits per heavy atom. The molecule has 0 amide bonds. The van der Waals surface area contributed by atoms with Crippen LogP contribution in [0.5, 0.6) is 0 Å². The Bertz CT molecular complexity index is 745. The molecule has 0 aliphatic heterocycles. The van der Waals surface area contributed by atoms with Crippen LogP contribution in [0.2, 0.25) is 0 Å². The molecule has 0 saturated heterocycles. The third-order valence-corrected chi connectivity index (χ3v) is 5.64. The van der Waals surface area contributed by atoms with Crippen molar-refractivity contribution in [1.82, 2.24) is 24.3 Å². The number of aryl methyl sites for hydroxylation is 1. The summed E-state index contributed by atoms with van der Waals surface area (Å²) in [6, 6.07) is -0.333. The molecule has 0 spiro atoms. The third-order valence-electron chi connectivity index (χ3n) is 4.15. The van der Waals surface area contributed by atoms with Crippen LogP contribution in [-0.2, 0) is 23.6 Å². The second-order valence-corrected chi connectivity index (χ2v) is 7.70. The molecule has 22 heavy (non-hydrogen) atoms. The molecule has 1 atom stereocenters. The van der Waals surface area contributed by atoms with Crippen LogP contribution < -0.4 is 4.72 Å². The number of hydrogen-bond acceptors (Lipinski definition) is 4. The molecule has 2 aromatic rings. The fourth-order valence-corrected chi connectivity index (χ4v) is 3.76. The Balaban J connectivity index is 1.67. The average Bonchev–Trinajstić information content (AvgIpc) is 3.02. The van der Waals surface area contributed by atoms with Crippen molar-refractivity contribution < 1.29 is 8.42 Å². The van der Waals surface area contributed by atoms with E-state index in [0.717, 1.165) is 18.0 Å². The summed E-state index contributed by atoms with van der Waals surface area (Å²) in [6.45, 7) is 2.74. The first-order valence-electron chi connectivity index (χ1n) is 7.47. The number of nitrogens with one attached hydrogen (secondary N) is 1. The van der Waals surface area contributed by atoms with Crippen molar-refractivity contribution in [3.05, 3.63) is 30.4 Å². The molecule has 0 radical (unpaired) electrons. The molecular formula is C14H21N5O2S. The molecule has 0 bridgehead atoms. The first-order chi connectivity index (χ1) is 10.4. The molecule has 1 N–H and O–H groups in total. The van der Waals surface area contributed by atoms with Crippen molar-refractivity contribution in [2.24, 2.45) is 13.0 Å². The molecule has 1 unspecified atom stereocenters. The van der Waals surface area contributed by atoms with E-state index in [1.54, 1.807) is 13.2 Å². The van der Waals surface area contributed by atoms with Gasteiger partial charge in [-0.3, -0.25) is 9.36 Å². The highest BCUT2D eigenvalue weighted by atomic mass is 32.2. The zero-order chi connectivity index (χ0) is 15.7. The number of hydrogen-bond donors (Lipinski definition) is 1. The lowest BCUT2D eigenvalue weighted by Crippen LogP contribution is -2.26. The first-order valence-corrected chi connectivity index (χ1v) is 8.96. The minimum atomic E-state index is -3.56. The fraction of sp³-hybridized carbons (Fsp3) is 0.571. The Morgan fingerprint density at radius 3 is 2.68 bits per heavy atom. The average molecular weight is 323 g/mol. The second kappa shape index (κ2) is 5.85. The van der Waals surface area contributed by atoms with Crippen LogP contribution in [0.1, 0.15) is 37.8 Å². The van der Waals surface area contributed by atoms with Crippen molar-refractivity contribution in [3.63, 3.8) is 0 Å². The number of aromatic nitrogens is 4. The molecule has 1 fully saturated rings. The van der Waals surface area contributed by atoms with Gasteiger partial charge in [-0.15, -0.1) is 0 Å². The van der Waals surface area contributed by atoms with Gasteiger partial charge >= 0.3 is 0 Å². The van der Waals surface area contributed by atoms with Gasteiger partial charge in [0, 0.05) is 37.6 Å². The van der Waals surface area contributed by atoms with Gasteiger partial charge in [0.2, 0.25) is 10.0 Å². The fourth-order valence-electron chi connectivity index (χ4n) is 2.55. The van der Waals surface area contributed by atoms with Gasteiger partial charge < -0.3 is 0 Å².